The highest BCUT2D eigenvalue weighted by molar-refractivity contribution is 5.79. The molecule has 1 amide bonds. The molecule has 0 spiro atoms. The van der Waals surface area contributed by atoms with Gasteiger partial charge in [0, 0.05) is 25.2 Å². The third-order valence-corrected chi connectivity index (χ3v) is 3.91. The van der Waals surface area contributed by atoms with E-state index in [0.29, 0.717) is 19.8 Å². The number of morpholine rings is 1. The Hall–Kier alpha value is -1.69. The predicted octanol–water partition coefficient (Wildman–Crippen LogP) is 0.729. The van der Waals surface area contributed by atoms with Gasteiger partial charge in [0.15, 0.2) is 0 Å². The van der Waals surface area contributed by atoms with Crippen LogP contribution in [0.2, 0.25) is 0 Å². The Morgan fingerprint density at radius 3 is 2.90 bits per heavy atom. The van der Waals surface area contributed by atoms with Crippen LogP contribution in [0.1, 0.15) is 25.0 Å². The molecule has 1 saturated carbocycles. The standard InChI is InChI=1S/C14H20N4O2/c19-13(11-2-1-3-11)16-10-12-4-5-15-14(17-12)18-6-8-20-9-7-18/h4-5,11H,1-3,6-10H2,(H,16,19). The fourth-order valence-corrected chi connectivity index (χ4v) is 2.39. The maximum absolute atomic E-state index is 11.8. The summed E-state index contributed by atoms with van der Waals surface area (Å²) in [6, 6.07) is 1.85. The van der Waals surface area contributed by atoms with E-state index in [-0.39, 0.29) is 11.8 Å². The highest BCUT2D eigenvalue weighted by Gasteiger charge is 2.24. The van der Waals surface area contributed by atoms with E-state index in [1.807, 2.05) is 6.07 Å². The number of anilines is 1. The van der Waals surface area contributed by atoms with Crippen molar-refractivity contribution in [3.05, 3.63) is 18.0 Å². The molecule has 3 rings (SSSR count). The van der Waals surface area contributed by atoms with Crippen LogP contribution >= 0.6 is 0 Å². The van der Waals surface area contributed by atoms with Gasteiger partial charge in [-0.2, -0.15) is 0 Å². The van der Waals surface area contributed by atoms with Crippen LogP contribution < -0.4 is 10.2 Å². The Kier molecular flexibility index (Phi) is 4.11. The number of rotatable bonds is 4. The van der Waals surface area contributed by atoms with Crippen LogP contribution in [0.15, 0.2) is 12.3 Å². The molecule has 1 N–H and O–H groups in total. The molecule has 20 heavy (non-hydrogen) atoms. The van der Waals surface area contributed by atoms with Gasteiger partial charge in [-0.1, -0.05) is 6.42 Å². The molecule has 2 fully saturated rings. The minimum atomic E-state index is 0.155. The maximum atomic E-state index is 11.8. The molecule has 0 aromatic carbocycles. The zero-order valence-electron chi connectivity index (χ0n) is 11.5. The van der Waals surface area contributed by atoms with Gasteiger partial charge in [0.25, 0.3) is 0 Å². The summed E-state index contributed by atoms with van der Waals surface area (Å²) >= 11 is 0. The number of nitrogens with zero attached hydrogens (tertiary/aromatic N) is 3. The number of hydrogen-bond donors (Lipinski definition) is 1. The van der Waals surface area contributed by atoms with E-state index in [1.54, 1.807) is 6.20 Å². The van der Waals surface area contributed by atoms with Crippen molar-refractivity contribution in [3.63, 3.8) is 0 Å². The molecule has 2 heterocycles. The summed E-state index contributed by atoms with van der Waals surface area (Å²) in [6.45, 7) is 3.54. The highest BCUT2D eigenvalue weighted by Crippen LogP contribution is 2.26. The number of aromatic nitrogens is 2. The predicted molar refractivity (Wildman–Crippen MR) is 74.3 cm³/mol. The first-order valence-electron chi connectivity index (χ1n) is 7.25. The van der Waals surface area contributed by atoms with Gasteiger partial charge in [-0.25, -0.2) is 9.97 Å². The van der Waals surface area contributed by atoms with E-state index in [0.717, 1.165) is 37.6 Å². The molecule has 0 atom stereocenters. The van der Waals surface area contributed by atoms with E-state index in [4.69, 9.17) is 4.74 Å². The third kappa shape index (κ3) is 3.07. The van der Waals surface area contributed by atoms with Crippen LogP contribution in [0.5, 0.6) is 0 Å². The second kappa shape index (κ2) is 6.17. The summed E-state index contributed by atoms with van der Waals surface area (Å²) in [6.07, 6.45) is 4.97. The quantitative estimate of drug-likeness (QED) is 0.878. The molecule has 1 aliphatic heterocycles. The van der Waals surface area contributed by atoms with E-state index in [2.05, 4.69) is 20.2 Å². The summed E-state index contributed by atoms with van der Waals surface area (Å²) < 4.78 is 5.32. The number of hydrogen-bond acceptors (Lipinski definition) is 5. The first kappa shape index (κ1) is 13.3. The number of carbonyl (C=O) groups is 1. The van der Waals surface area contributed by atoms with Crippen LogP contribution in [0, 0.1) is 5.92 Å². The van der Waals surface area contributed by atoms with E-state index in [1.165, 1.54) is 6.42 Å². The number of ether oxygens (including phenoxy) is 1. The Morgan fingerprint density at radius 1 is 1.40 bits per heavy atom. The molecule has 108 valence electrons. The maximum Gasteiger partial charge on any atom is 0.225 e. The molecule has 1 aromatic heterocycles. The molecule has 0 radical (unpaired) electrons. The molecule has 0 bridgehead atoms. The average Bonchev–Trinajstić information content (AvgIpc) is 2.45. The largest absolute Gasteiger partial charge is 0.378 e. The molecule has 1 aliphatic carbocycles. The fraction of sp³-hybridized carbons (Fsp3) is 0.643. The topological polar surface area (TPSA) is 67.4 Å². The molecule has 2 aliphatic rings. The van der Waals surface area contributed by atoms with Gasteiger partial charge in [-0.15, -0.1) is 0 Å². The van der Waals surface area contributed by atoms with Crippen molar-refractivity contribution in [2.24, 2.45) is 5.92 Å². The Bertz CT molecular complexity index is 470. The summed E-state index contributed by atoms with van der Waals surface area (Å²) in [5.74, 6) is 1.10. The van der Waals surface area contributed by atoms with E-state index < -0.39 is 0 Å². The van der Waals surface area contributed by atoms with E-state index in [9.17, 15) is 4.79 Å². The zero-order chi connectivity index (χ0) is 13.8. The van der Waals surface area contributed by atoms with Crippen LogP contribution in [-0.2, 0) is 16.1 Å². The normalized spacial score (nSPS) is 19.5. The Balaban J connectivity index is 1.57. The number of carbonyl (C=O) groups excluding carboxylic acids is 1. The van der Waals surface area contributed by atoms with Crippen molar-refractivity contribution in [3.8, 4) is 0 Å². The first-order chi connectivity index (χ1) is 9.83. The van der Waals surface area contributed by atoms with Gasteiger partial charge in [0.05, 0.1) is 25.5 Å². The lowest BCUT2D eigenvalue weighted by atomic mass is 9.85. The molecule has 1 aromatic rings. The van der Waals surface area contributed by atoms with Gasteiger partial charge in [-0.05, 0) is 18.9 Å². The summed E-state index contributed by atoms with van der Waals surface area (Å²) in [4.78, 5) is 22.7. The second-order valence-corrected chi connectivity index (χ2v) is 5.29. The van der Waals surface area contributed by atoms with Crippen LogP contribution in [0.4, 0.5) is 5.95 Å². The van der Waals surface area contributed by atoms with Crippen molar-refractivity contribution >= 4 is 11.9 Å². The lowest BCUT2D eigenvalue weighted by Gasteiger charge is -2.27. The number of amides is 1. The van der Waals surface area contributed by atoms with Crippen molar-refractivity contribution in [1.29, 1.82) is 0 Å². The van der Waals surface area contributed by atoms with Crippen LogP contribution in [0.25, 0.3) is 0 Å². The lowest BCUT2D eigenvalue weighted by Crippen LogP contribution is -2.37. The number of nitrogens with one attached hydrogen (secondary N) is 1. The fourth-order valence-electron chi connectivity index (χ4n) is 2.39. The first-order valence-corrected chi connectivity index (χ1v) is 7.25. The summed E-state index contributed by atoms with van der Waals surface area (Å²) in [5.41, 5.74) is 0.856. The minimum absolute atomic E-state index is 0.155. The highest BCUT2D eigenvalue weighted by atomic mass is 16.5. The molecule has 1 saturated heterocycles. The van der Waals surface area contributed by atoms with Crippen LogP contribution in [0.3, 0.4) is 0 Å². The van der Waals surface area contributed by atoms with Gasteiger partial charge in [0.2, 0.25) is 11.9 Å². The SMILES string of the molecule is O=C(NCc1ccnc(N2CCOCC2)n1)C1CCC1. The molecule has 6 heteroatoms. The Morgan fingerprint density at radius 2 is 2.20 bits per heavy atom. The monoisotopic (exact) mass is 276 g/mol. The molecule has 0 unspecified atom stereocenters. The molecular weight excluding hydrogens is 256 g/mol. The summed E-state index contributed by atoms with van der Waals surface area (Å²) in [5, 5.41) is 2.96. The third-order valence-electron chi connectivity index (χ3n) is 3.91. The zero-order valence-corrected chi connectivity index (χ0v) is 11.5. The van der Waals surface area contributed by atoms with Gasteiger partial charge in [-0.3, -0.25) is 4.79 Å². The molecule has 6 nitrogen and oxygen atoms in total. The molecular formula is C14H20N4O2. The lowest BCUT2D eigenvalue weighted by molar-refractivity contribution is -0.127. The van der Waals surface area contributed by atoms with Gasteiger partial charge < -0.3 is 15.0 Å². The van der Waals surface area contributed by atoms with Gasteiger partial charge >= 0.3 is 0 Å². The summed E-state index contributed by atoms with van der Waals surface area (Å²) in [7, 11) is 0. The smallest absolute Gasteiger partial charge is 0.225 e. The van der Waals surface area contributed by atoms with E-state index >= 15 is 0 Å². The van der Waals surface area contributed by atoms with Crippen molar-refractivity contribution in [2.45, 2.75) is 25.8 Å². The second-order valence-electron chi connectivity index (χ2n) is 5.29. The van der Waals surface area contributed by atoms with Crippen molar-refractivity contribution in [2.75, 3.05) is 31.2 Å². The average molecular weight is 276 g/mol. The van der Waals surface area contributed by atoms with Gasteiger partial charge in [0.1, 0.15) is 0 Å². The van der Waals surface area contributed by atoms with Crippen LogP contribution in [-0.4, -0.2) is 42.2 Å². The van der Waals surface area contributed by atoms with Crippen molar-refractivity contribution < 1.29 is 9.53 Å². The minimum Gasteiger partial charge on any atom is -0.378 e. The Labute approximate surface area is 118 Å². The van der Waals surface area contributed by atoms with Crippen molar-refractivity contribution in [1.82, 2.24) is 15.3 Å².